The average Bonchev–Trinajstić information content (AvgIpc) is 2.16. The summed E-state index contributed by atoms with van der Waals surface area (Å²) in [6.07, 6.45) is 0. The predicted octanol–water partition coefficient (Wildman–Crippen LogP) is 1.28. The van der Waals surface area contributed by atoms with Crippen LogP contribution < -0.4 is 5.48 Å². The first-order chi connectivity index (χ1) is 6.29. The fourth-order valence-corrected chi connectivity index (χ4v) is 1.06. The Kier molecular flexibility index (Phi) is 3.28. The number of hydrogen-bond acceptors (Lipinski definition) is 3. The zero-order valence-electron chi connectivity index (χ0n) is 7.61. The first-order valence-corrected chi connectivity index (χ1v) is 3.86. The zero-order chi connectivity index (χ0) is 9.68. The van der Waals surface area contributed by atoms with Gasteiger partial charge in [-0.05, 0) is 12.5 Å². The molecule has 0 aromatic heterocycles. The van der Waals surface area contributed by atoms with E-state index in [0.717, 1.165) is 11.1 Å². The normalized spacial score (nSPS) is 11.4. The summed E-state index contributed by atoms with van der Waals surface area (Å²) in [6.45, 7) is 1.93. The molecule has 0 amide bonds. The van der Waals surface area contributed by atoms with Crippen LogP contribution in [0.15, 0.2) is 29.4 Å². The Morgan fingerprint density at radius 1 is 1.46 bits per heavy atom. The van der Waals surface area contributed by atoms with Gasteiger partial charge in [-0.3, -0.25) is 4.84 Å². The molecule has 0 aliphatic rings. The number of benzene rings is 1. The maximum absolute atomic E-state index is 8.68. The van der Waals surface area contributed by atoms with Gasteiger partial charge in [0, 0.05) is 5.56 Å². The van der Waals surface area contributed by atoms with Gasteiger partial charge in [-0.1, -0.05) is 29.4 Å². The fourth-order valence-electron chi connectivity index (χ4n) is 1.06. The van der Waals surface area contributed by atoms with Gasteiger partial charge in [-0.15, -0.1) is 0 Å². The molecule has 0 heterocycles. The van der Waals surface area contributed by atoms with E-state index in [-0.39, 0.29) is 0 Å². The van der Waals surface area contributed by atoms with Crippen molar-refractivity contribution in [3.8, 4) is 0 Å². The van der Waals surface area contributed by atoms with Crippen molar-refractivity contribution in [1.29, 1.82) is 0 Å². The molecule has 0 aliphatic heterocycles. The lowest BCUT2D eigenvalue weighted by molar-refractivity contribution is 0.140. The minimum atomic E-state index is 0.306. The number of hydroxylamine groups is 1. The van der Waals surface area contributed by atoms with Crippen molar-refractivity contribution in [2.24, 2.45) is 5.16 Å². The van der Waals surface area contributed by atoms with Crippen LogP contribution in [0, 0.1) is 6.92 Å². The van der Waals surface area contributed by atoms with Crippen molar-refractivity contribution >= 4 is 5.84 Å². The Balaban J connectivity index is 2.99. The molecule has 1 aromatic carbocycles. The van der Waals surface area contributed by atoms with Gasteiger partial charge in [0.1, 0.15) is 0 Å². The molecule has 0 fully saturated rings. The highest BCUT2D eigenvalue weighted by Gasteiger charge is 2.05. The lowest BCUT2D eigenvalue weighted by atomic mass is 10.1. The van der Waals surface area contributed by atoms with Crippen molar-refractivity contribution < 1.29 is 10.0 Å². The Bertz CT molecular complexity index is 310. The van der Waals surface area contributed by atoms with Crippen LogP contribution in [0.25, 0.3) is 0 Å². The van der Waals surface area contributed by atoms with E-state index in [1.807, 2.05) is 31.2 Å². The molecule has 0 radical (unpaired) electrons. The first kappa shape index (κ1) is 9.54. The van der Waals surface area contributed by atoms with E-state index in [2.05, 4.69) is 15.5 Å². The van der Waals surface area contributed by atoms with Crippen LogP contribution in [-0.4, -0.2) is 18.2 Å². The summed E-state index contributed by atoms with van der Waals surface area (Å²) in [6, 6.07) is 7.56. The third kappa shape index (κ3) is 2.19. The van der Waals surface area contributed by atoms with E-state index >= 15 is 0 Å². The largest absolute Gasteiger partial charge is 0.409 e. The maximum atomic E-state index is 8.68. The van der Waals surface area contributed by atoms with Crippen LogP contribution in [0.4, 0.5) is 0 Å². The van der Waals surface area contributed by atoms with Crippen LogP contribution in [0.1, 0.15) is 11.1 Å². The van der Waals surface area contributed by atoms with Crippen LogP contribution in [0.2, 0.25) is 0 Å². The van der Waals surface area contributed by atoms with Crippen molar-refractivity contribution in [1.82, 2.24) is 5.48 Å². The van der Waals surface area contributed by atoms with Gasteiger partial charge in [0.2, 0.25) is 0 Å². The summed E-state index contributed by atoms with van der Waals surface area (Å²) >= 11 is 0. The number of nitrogens with one attached hydrogen (secondary N) is 1. The molecule has 2 N–H and O–H groups in total. The lowest BCUT2D eigenvalue weighted by Crippen LogP contribution is -2.23. The number of aryl methyl sites for hydroxylation is 1. The number of hydrogen-bond donors (Lipinski definition) is 2. The van der Waals surface area contributed by atoms with Crippen molar-refractivity contribution in [2.45, 2.75) is 6.92 Å². The van der Waals surface area contributed by atoms with Gasteiger partial charge in [0.25, 0.3) is 0 Å². The second-order valence-corrected chi connectivity index (χ2v) is 2.57. The zero-order valence-corrected chi connectivity index (χ0v) is 7.61. The topological polar surface area (TPSA) is 53.8 Å². The Morgan fingerprint density at radius 3 is 2.69 bits per heavy atom. The van der Waals surface area contributed by atoms with Crippen molar-refractivity contribution in [2.75, 3.05) is 7.11 Å². The van der Waals surface area contributed by atoms with Gasteiger partial charge < -0.3 is 5.21 Å². The van der Waals surface area contributed by atoms with E-state index in [9.17, 15) is 0 Å². The molecule has 0 bridgehead atoms. The predicted molar refractivity (Wildman–Crippen MR) is 49.6 cm³/mol. The number of rotatable bonds is 2. The van der Waals surface area contributed by atoms with Crippen molar-refractivity contribution in [3.05, 3.63) is 35.4 Å². The molecule has 13 heavy (non-hydrogen) atoms. The Morgan fingerprint density at radius 2 is 2.15 bits per heavy atom. The lowest BCUT2D eigenvalue weighted by Gasteiger charge is -2.07. The molecule has 0 saturated carbocycles. The molecule has 70 valence electrons. The SMILES string of the molecule is CONC(=NO)c1ccccc1C. The molecule has 4 nitrogen and oxygen atoms in total. The summed E-state index contributed by atoms with van der Waals surface area (Å²) < 4.78 is 0. The molecule has 0 atom stereocenters. The average molecular weight is 180 g/mol. The monoisotopic (exact) mass is 180 g/mol. The number of amidine groups is 1. The second kappa shape index (κ2) is 4.47. The van der Waals surface area contributed by atoms with E-state index in [1.165, 1.54) is 7.11 Å². The highest BCUT2D eigenvalue weighted by atomic mass is 16.6. The summed E-state index contributed by atoms with van der Waals surface area (Å²) in [5.74, 6) is 0.306. The highest BCUT2D eigenvalue weighted by molar-refractivity contribution is 5.98. The molecular formula is C9H12N2O2. The van der Waals surface area contributed by atoms with E-state index in [4.69, 9.17) is 5.21 Å². The number of nitrogens with zero attached hydrogens (tertiary/aromatic N) is 1. The molecule has 4 heteroatoms. The maximum Gasteiger partial charge on any atom is 0.196 e. The standard InChI is InChI=1S/C9H12N2O2/c1-7-5-3-4-6-8(7)9(10-12)11-13-2/h3-6,12H,1-2H3,(H,10,11). The van der Waals surface area contributed by atoms with E-state index in [0.29, 0.717) is 5.84 Å². The molecule has 0 unspecified atom stereocenters. The first-order valence-electron chi connectivity index (χ1n) is 3.86. The molecule has 1 aromatic rings. The number of oxime groups is 1. The van der Waals surface area contributed by atoms with Crippen LogP contribution >= 0.6 is 0 Å². The summed E-state index contributed by atoms with van der Waals surface area (Å²) in [4.78, 5) is 4.66. The Labute approximate surface area is 76.8 Å². The third-order valence-corrected chi connectivity index (χ3v) is 1.70. The summed E-state index contributed by atoms with van der Waals surface area (Å²) in [7, 11) is 1.46. The highest BCUT2D eigenvalue weighted by Crippen LogP contribution is 2.06. The van der Waals surface area contributed by atoms with Crippen LogP contribution in [0.5, 0.6) is 0 Å². The summed E-state index contributed by atoms with van der Waals surface area (Å²) in [5, 5.41) is 11.8. The molecule has 0 saturated heterocycles. The molecule has 0 spiro atoms. The molecule has 1 rings (SSSR count). The van der Waals surface area contributed by atoms with Gasteiger partial charge in [0.05, 0.1) is 7.11 Å². The third-order valence-electron chi connectivity index (χ3n) is 1.70. The molecular weight excluding hydrogens is 168 g/mol. The van der Waals surface area contributed by atoms with Crippen molar-refractivity contribution in [3.63, 3.8) is 0 Å². The van der Waals surface area contributed by atoms with Gasteiger partial charge >= 0.3 is 0 Å². The minimum absolute atomic E-state index is 0.306. The van der Waals surface area contributed by atoms with Gasteiger partial charge in [-0.25, -0.2) is 5.48 Å². The molecule has 0 aliphatic carbocycles. The smallest absolute Gasteiger partial charge is 0.196 e. The summed E-state index contributed by atoms with van der Waals surface area (Å²) in [5.41, 5.74) is 4.32. The fraction of sp³-hybridized carbons (Fsp3) is 0.222. The minimum Gasteiger partial charge on any atom is -0.409 e. The van der Waals surface area contributed by atoms with E-state index in [1.54, 1.807) is 0 Å². The van der Waals surface area contributed by atoms with Crippen LogP contribution in [-0.2, 0) is 4.84 Å². The van der Waals surface area contributed by atoms with E-state index < -0.39 is 0 Å². The quantitative estimate of drug-likeness (QED) is 0.312. The Hall–Kier alpha value is -1.55. The van der Waals surface area contributed by atoms with Crippen LogP contribution in [0.3, 0.4) is 0 Å². The van der Waals surface area contributed by atoms with Gasteiger partial charge in [0.15, 0.2) is 5.84 Å². The second-order valence-electron chi connectivity index (χ2n) is 2.57. The van der Waals surface area contributed by atoms with Gasteiger partial charge in [-0.2, -0.15) is 0 Å².